The first-order valence-corrected chi connectivity index (χ1v) is 8.43. The summed E-state index contributed by atoms with van der Waals surface area (Å²) in [7, 11) is -2.87. The quantitative estimate of drug-likeness (QED) is 0.705. The van der Waals surface area contributed by atoms with E-state index in [4.69, 9.17) is 0 Å². The molecule has 15 heavy (non-hydrogen) atoms. The van der Waals surface area contributed by atoms with Crippen molar-refractivity contribution < 1.29 is 8.42 Å². The van der Waals surface area contributed by atoms with Crippen molar-refractivity contribution in [3.8, 4) is 0 Å². The van der Waals surface area contributed by atoms with Gasteiger partial charge in [0.15, 0.2) is 9.84 Å². The van der Waals surface area contributed by atoms with E-state index >= 15 is 0 Å². The second-order valence-electron chi connectivity index (χ2n) is 5.19. The van der Waals surface area contributed by atoms with Crippen molar-refractivity contribution >= 4 is 25.8 Å². The Kier molecular flexibility index (Phi) is 6.41. The normalized spacial score (nSPS) is 15.3. The monoisotopic (exact) mass is 298 g/mol. The van der Waals surface area contributed by atoms with Gasteiger partial charge in [-0.15, -0.1) is 0 Å². The van der Waals surface area contributed by atoms with Crippen molar-refractivity contribution in [2.45, 2.75) is 40.5 Å². The summed E-state index contributed by atoms with van der Waals surface area (Å²) < 4.78 is 23.6. The summed E-state index contributed by atoms with van der Waals surface area (Å²) in [6, 6.07) is 0. The van der Waals surface area contributed by atoms with Crippen LogP contribution in [0, 0.1) is 11.3 Å². The highest BCUT2D eigenvalue weighted by Crippen LogP contribution is 2.29. The van der Waals surface area contributed by atoms with Gasteiger partial charge in [0.1, 0.15) is 0 Å². The molecule has 0 aromatic rings. The van der Waals surface area contributed by atoms with Crippen LogP contribution in [0.15, 0.2) is 0 Å². The number of sulfone groups is 1. The number of unbranched alkanes of at least 4 members (excludes halogenated alkanes) is 1. The average molecular weight is 299 g/mol. The Balaban J connectivity index is 4.42. The molecule has 1 atom stereocenters. The Bertz CT molecular complexity index is 265. The maximum absolute atomic E-state index is 11.8. The lowest BCUT2D eigenvalue weighted by atomic mass is 9.83. The van der Waals surface area contributed by atoms with Crippen LogP contribution in [0.3, 0.4) is 0 Å². The van der Waals surface area contributed by atoms with Crippen LogP contribution in [-0.4, -0.2) is 25.3 Å². The highest BCUT2D eigenvalue weighted by atomic mass is 79.9. The molecule has 0 saturated heterocycles. The molecule has 0 spiro atoms. The zero-order chi connectivity index (χ0) is 12.1. The number of rotatable bonds is 6. The van der Waals surface area contributed by atoms with Crippen molar-refractivity contribution in [2.75, 3.05) is 16.8 Å². The predicted octanol–water partition coefficient (Wildman–Crippen LogP) is 3.26. The molecule has 2 nitrogen and oxygen atoms in total. The Morgan fingerprint density at radius 2 is 1.80 bits per heavy atom. The van der Waals surface area contributed by atoms with Crippen molar-refractivity contribution in [1.29, 1.82) is 0 Å². The smallest absolute Gasteiger partial charge is 0.150 e. The molecule has 0 aliphatic heterocycles. The number of alkyl halides is 1. The van der Waals surface area contributed by atoms with Gasteiger partial charge in [0, 0.05) is 5.33 Å². The zero-order valence-electron chi connectivity index (χ0n) is 10.2. The number of hydrogen-bond donors (Lipinski definition) is 0. The van der Waals surface area contributed by atoms with Crippen molar-refractivity contribution in [2.24, 2.45) is 11.3 Å². The molecule has 4 heteroatoms. The molecule has 0 fully saturated rings. The minimum atomic E-state index is -2.87. The van der Waals surface area contributed by atoms with Gasteiger partial charge >= 0.3 is 0 Å². The van der Waals surface area contributed by atoms with Gasteiger partial charge in [-0.25, -0.2) is 8.42 Å². The molecular weight excluding hydrogens is 276 g/mol. The molecule has 0 aliphatic rings. The first-order chi connectivity index (χ1) is 6.73. The van der Waals surface area contributed by atoms with Crippen molar-refractivity contribution in [1.82, 2.24) is 0 Å². The lowest BCUT2D eigenvalue weighted by molar-refractivity contribution is 0.291. The van der Waals surface area contributed by atoms with Crippen molar-refractivity contribution in [3.05, 3.63) is 0 Å². The molecule has 0 amide bonds. The van der Waals surface area contributed by atoms with E-state index in [2.05, 4.69) is 36.7 Å². The Morgan fingerprint density at radius 3 is 2.13 bits per heavy atom. The van der Waals surface area contributed by atoms with Crippen LogP contribution in [0.25, 0.3) is 0 Å². The second-order valence-corrected chi connectivity index (χ2v) is 8.06. The highest BCUT2D eigenvalue weighted by Gasteiger charge is 2.28. The maximum Gasteiger partial charge on any atom is 0.150 e. The minimum Gasteiger partial charge on any atom is -0.229 e. The first kappa shape index (κ1) is 15.4. The Morgan fingerprint density at radius 1 is 1.27 bits per heavy atom. The van der Waals surface area contributed by atoms with Gasteiger partial charge in [-0.05, 0) is 17.8 Å². The van der Waals surface area contributed by atoms with Gasteiger partial charge in [0.25, 0.3) is 0 Å². The van der Waals surface area contributed by atoms with Crippen LogP contribution >= 0.6 is 15.9 Å². The van der Waals surface area contributed by atoms with Crippen LogP contribution in [0.1, 0.15) is 40.5 Å². The fourth-order valence-electron chi connectivity index (χ4n) is 1.28. The standard InChI is InChI=1S/C11H23BrO2S/c1-5-6-7-15(13,14)9-10(8-12)11(2,3)4/h10H,5-9H2,1-4H3. The van der Waals surface area contributed by atoms with E-state index in [-0.39, 0.29) is 11.3 Å². The molecule has 0 saturated carbocycles. The molecule has 0 rings (SSSR count). The summed E-state index contributed by atoms with van der Waals surface area (Å²) in [5.41, 5.74) is 0.0444. The fourth-order valence-corrected chi connectivity index (χ4v) is 4.91. The van der Waals surface area contributed by atoms with Gasteiger partial charge in [0.2, 0.25) is 0 Å². The van der Waals surface area contributed by atoms with Gasteiger partial charge in [-0.2, -0.15) is 0 Å². The summed E-state index contributed by atoms with van der Waals surface area (Å²) in [5.74, 6) is 0.838. The van der Waals surface area contributed by atoms with Crippen molar-refractivity contribution in [3.63, 3.8) is 0 Å². The molecule has 0 aromatic carbocycles. The van der Waals surface area contributed by atoms with Crippen LogP contribution < -0.4 is 0 Å². The summed E-state index contributed by atoms with van der Waals surface area (Å²) in [5, 5.41) is 0.752. The molecule has 0 N–H and O–H groups in total. The van der Waals surface area contributed by atoms with Crippen LogP contribution in [-0.2, 0) is 9.84 Å². The lowest BCUT2D eigenvalue weighted by Crippen LogP contribution is -2.30. The van der Waals surface area contributed by atoms with Crippen LogP contribution in [0.4, 0.5) is 0 Å². The summed E-state index contributed by atoms with van der Waals surface area (Å²) in [6.07, 6.45) is 1.72. The molecule has 0 bridgehead atoms. The predicted molar refractivity (Wildman–Crippen MR) is 70.3 cm³/mol. The van der Waals surface area contributed by atoms with E-state index in [1.54, 1.807) is 0 Å². The molecule has 0 radical (unpaired) electrons. The van der Waals surface area contributed by atoms with E-state index in [9.17, 15) is 8.42 Å². The van der Waals surface area contributed by atoms with Gasteiger partial charge in [-0.1, -0.05) is 50.0 Å². The zero-order valence-corrected chi connectivity index (χ0v) is 12.6. The third kappa shape index (κ3) is 6.56. The largest absolute Gasteiger partial charge is 0.229 e. The van der Waals surface area contributed by atoms with Crippen LogP contribution in [0.2, 0.25) is 0 Å². The van der Waals surface area contributed by atoms with E-state index in [1.807, 2.05) is 6.92 Å². The molecule has 1 unspecified atom stereocenters. The minimum absolute atomic E-state index is 0.0444. The number of hydrogen-bond acceptors (Lipinski definition) is 2. The summed E-state index contributed by atoms with van der Waals surface area (Å²) in [4.78, 5) is 0. The molecule has 0 heterocycles. The second kappa shape index (κ2) is 6.24. The summed E-state index contributed by atoms with van der Waals surface area (Å²) >= 11 is 3.41. The third-order valence-electron chi connectivity index (χ3n) is 2.68. The van der Waals surface area contributed by atoms with E-state index in [0.717, 1.165) is 18.2 Å². The average Bonchev–Trinajstić information content (AvgIpc) is 2.09. The van der Waals surface area contributed by atoms with Gasteiger partial charge in [0.05, 0.1) is 11.5 Å². The van der Waals surface area contributed by atoms with Gasteiger partial charge in [-0.3, -0.25) is 0 Å². The maximum atomic E-state index is 11.8. The Hall–Kier alpha value is 0.430. The van der Waals surface area contributed by atoms with Gasteiger partial charge < -0.3 is 0 Å². The molecule has 92 valence electrons. The molecule has 0 aromatic heterocycles. The fraction of sp³-hybridized carbons (Fsp3) is 1.00. The molecular formula is C11H23BrO2S. The first-order valence-electron chi connectivity index (χ1n) is 5.49. The number of halogens is 1. The highest BCUT2D eigenvalue weighted by molar-refractivity contribution is 9.09. The molecule has 0 aliphatic carbocycles. The summed E-state index contributed by atoms with van der Waals surface area (Å²) in [6.45, 7) is 8.29. The third-order valence-corrected chi connectivity index (χ3v) is 5.28. The van der Waals surface area contributed by atoms with E-state index in [0.29, 0.717) is 11.5 Å². The SMILES string of the molecule is CCCCS(=O)(=O)CC(CBr)C(C)(C)C. The Labute approximate surface area is 103 Å². The van der Waals surface area contributed by atoms with E-state index in [1.165, 1.54) is 0 Å². The van der Waals surface area contributed by atoms with Crippen LogP contribution in [0.5, 0.6) is 0 Å². The lowest BCUT2D eigenvalue weighted by Gasteiger charge is -2.28. The van der Waals surface area contributed by atoms with E-state index < -0.39 is 9.84 Å². The topological polar surface area (TPSA) is 34.1 Å².